The number of ether oxygens (including phenoxy) is 3. The summed E-state index contributed by atoms with van der Waals surface area (Å²) in [5.41, 5.74) is 0.660. The maximum absolute atomic E-state index is 11.1. The Kier molecular flexibility index (Phi) is 5.02. The van der Waals surface area contributed by atoms with Crippen LogP contribution in [0.3, 0.4) is 0 Å². The van der Waals surface area contributed by atoms with Crippen LogP contribution in [0.2, 0.25) is 0 Å². The SMILES string of the molecule is COc1cc(OC)cc([C@H](O)c2ccc(OC)c([N+](=O)[O-])c2)c1. The molecule has 1 N–H and O–H groups in total. The number of methoxy groups -OCH3 is 3. The molecule has 0 bridgehead atoms. The standard InChI is InChI=1S/C16H17NO6/c1-21-12-6-11(7-13(9-12)22-2)16(18)10-4-5-15(23-3)14(8-10)17(19)20/h4-9,16,18H,1-3H3/t16-/m1/s1. The maximum atomic E-state index is 11.1. The number of hydrogen-bond donors (Lipinski definition) is 1. The highest BCUT2D eigenvalue weighted by atomic mass is 16.6. The lowest BCUT2D eigenvalue weighted by Gasteiger charge is -2.15. The van der Waals surface area contributed by atoms with Gasteiger partial charge in [0.05, 0.1) is 26.3 Å². The zero-order valence-electron chi connectivity index (χ0n) is 13.0. The first-order valence-corrected chi connectivity index (χ1v) is 6.73. The van der Waals surface area contributed by atoms with Gasteiger partial charge in [0.1, 0.15) is 17.6 Å². The topological polar surface area (TPSA) is 91.1 Å². The molecule has 0 unspecified atom stereocenters. The van der Waals surface area contributed by atoms with E-state index in [1.807, 2.05) is 0 Å². The lowest BCUT2D eigenvalue weighted by Crippen LogP contribution is -2.03. The lowest BCUT2D eigenvalue weighted by atomic mass is 10.00. The van der Waals surface area contributed by atoms with Crippen molar-refractivity contribution in [3.63, 3.8) is 0 Å². The van der Waals surface area contributed by atoms with E-state index in [4.69, 9.17) is 14.2 Å². The van der Waals surface area contributed by atoms with E-state index in [1.54, 1.807) is 24.3 Å². The van der Waals surface area contributed by atoms with Gasteiger partial charge in [-0.1, -0.05) is 6.07 Å². The highest BCUT2D eigenvalue weighted by Crippen LogP contribution is 2.34. The summed E-state index contributed by atoms with van der Waals surface area (Å²) < 4.78 is 15.3. The first-order chi connectivity index (χ1) is 11.0. The van der Waals surface area contributed by atoms with Crippen molar-refractivity contribution >= 4 is 5.69 Å². The van der Waals surface area contributed by atoms with Crippen molar-refractivity contribution in [3.05, 3.63) is 57.6 Å². The van der Waals surface area contributed by atoms with E-state index in [0.717, 1.165) is 0 Å². The minimum atomic E-state index is -1.07. The van der Waals surface area contributed by atoms with Gasteiger partial charge in [-0.15, -0.1) is 0 Å². The summed E-state index contributed by atoms with van der Waals surface area (Å²) in [4.78, 5) is 10.5. The molecule has 0 spiro atoms. The fraction of sp³-hybridized carbons (Fsp3) is 0.250. The van der Waals surface area contributed by atoms with Crippen LogP contribution in [-0.2, 0) is 0 Å². The molecule has 0 heterocycles. The van der Waals surface area contributed by atoms with E-state index in [2.05, 4.69) is 0 Å². The molecule has 0 radical (unpaired) electrons. The van der Waals surface area contributed by atoms with Crippen molar-refractivity contribution in [2.45, 2.75) is 6.10 Å². The second kappa shape index (κ2) is 6.97. The fourth-order valence-electron chi connectivity index (χ4n) is 2.20. The molecule has 0 aliphatic heterocycles. The van der Waals surface area contributed by atoms with E-state index >= 15 is 0 Å². The summed E-state index contributed by atoms with van der Waals surface area (Å²) in [5, 5.41) is 21.6. The zero-order chi connectivity index (χ0) is 17.0. The fourth-order valence-corrected chi connectivity index (χ4v) is 2.20. The predicted octanol–water partition coefficient (Wildman–Crippen LogP) is 2.70. The Morgan fingerprint density at radius 3 is 2.04 bits per heavy atom. The molecule has 122 valence electrons. The Balaban J connectivity index is 2.46. The number of hydrogen-bond acceptors (Lipinski definition) is 6. The molecule has 0 saturated carbocycles. The highest BCUT2D eigenvalue weighted by molar-refractivity contribution is 5.51. The zero-order valence-corrected chi connectivity index (χ0v) is 13.0. The molecule has 0 fully saturated rings. The predicted molar refractivity (Wildman–Crippen MR) is 83.3 cm³/mol. The van der Waals surface area contributed by atoms with Gasteiger partial charge in [0, 0.05) is 12.1 Å². The third-order valence-corrected chi connectivity index (χ3v) is 3.40. The van der Waals surface area contributed by atoms with Crippen molar-refractivity contribution in [1.82, 2.24) is 0 Å². The smallest absolute Gasteiger partial charge is 0.311 e. The summed E-state index contributed by atoms with van der Waals surface area (Å²) in [7, 11) is 4.36. The first-order valence-electron chi connectivity index (χ1n) is 6.73. The number of aliphatic hydroxyl groups is 1. The van der Waals surface area contributed by atoms with E-state index in [1.165, 1.54) is 33.5 Å². The Hall–Kier alpha value is -2.80. The van der Waals surface area contributed by atoms with Crippen LogP contribution in [0.1, 0.15) is 17.2 Å². The number of benzene rings is 2. The molecule has 23 heavy (non-hydrogen) atoms. The molecular weight excluding hydrogens is 302 g/mol. The second-order valence-corrected chi connectivity index (χ2v) is 4.74. The van der Waals surface area contributed by atoms with Gasteiger partial charge >= 0.3 is 5.69 Å². The molecule has 0 aliphatic rings. The number of aliphatic hydroxyl groups excluding tert-OH is 1. The van der Waals surface area contributed by atoms with Crippen LogP contribution in [0.5, 0.6) is 17.2 Å². The minimum absolute atomic E-state index is 0.133. The molecule has 7 nitrogen and oxygen atoms in total. The van der Waals surface area contributed by atoms with Crippen molar-refractivity contribution in [1.29, 1.82) is 0 Å². The van der Waals surface area contributed by atoms with E-state index < -0.39 is 11.0 Å². The normalized spacial score (nSPS) is 11.7. The van der Waals surface area contributed by atoms with Crippen LogP contribution in [0.25, 0.3) is 0 Å². The molecule has 7 heteroatoms. The molecule has 0 aromatic heterocycles. The van der Waals surface area contributed by atoms with Crippen molar-refractivity contribution in [2.75, 3.05) is 21.3 Å². The molecule has 0 aliphatic carbocycles. The van der Waals surface area contributed by atoms with Gasteiger partial charge in [0.2, 0.25) is 0 Å². The van der Waals surface area contributed by atoms with Crippen LogP contribution in [-0.4, -0.2) is 31.4 Å². The molecular formula is C16H17NO6. The van der Waals surface area contributed by atoms with Gasteiger partial charge in [-0.2, -0.15) is 0 Å². The monoisotopic (exact) mass is 319 g/mol. The average molecular weight is 319 g/mol. The van der Waals surface area contributed by atoms with Crippen molar-refractivity contribution < 1.29 is 24.2 Å². The number of nitrogens with zero attached hydrogens (tertiary/aromatic N) is 1. The van der Waals surface area contributed by atoms with Crippen molar-refractivity contribution in [2.24, 2.45) is 0 Å². The van der Waals surface area contributed by atoms with Gasteiger partial charge < -0.3 is 19.3 Å². The number of rotatable bonds is 6. The van der Waals surface area contributed by atoms with E-state index in [9.17, 15) is 15.2 Å². The van der Waals surface area contributed by atoms with Crippen LogP contribution in [0.15, 0.2) is 36.4 Å². The Morgan fingerprint density at radius 1 is 0.957 bits per heavy atom. The summed E-state index contributed by atoms with van der Waals surface area (Å²) in [6.45, 7) is 0. The van der Waals surface area contributed by atoms with Crippen LogP contribution >= 0.6 is 0 Å². The lowest BCUT2D eigenvalue weighted by molar-refractivity contribution is -0.385. The first kappa shape index (κ1) is 16.6. The van der Waals surface area contributed by atoms with Crippen LogP contribution in [0, 0.1) is 10.1 Å². The van der Waals surface area contributed by atoms with Crippen molar-refractivity contribution in [3.8, 4) is 17.2 Å². The van der Waals surface area contributed by atoms with Gasteiger partial charge in [-0.05, 0) is 29.3 Å². The number of nitro benzene ring substituents is 1. The summed E-state index contributed by atoms with van der Waals surface area (Å²) >= 11 is 0. The molecule has 1 atom stereocenters. The van der Waals surface area contributed by atoms with Gasteiger partial charge in [-0.25, -0.2) is 0 Å². The molecule has 0 saturated heterocycles. The second-order valence-electron chi connectivity index (χ2n) is 4.74. The number of nitro groups is 1. The molecule has 2 aromatic carbocycles. The van der Waals surface area contributed by atoms with Gasteiger partial charge in [-0.3, -0.25) is 10.1 Å². The maximum Gasteiger partial charge on any atom is 0.311 e. The molecule has 2 rings (SSSR count). The van der Waals surface area contributed by atoms with Crippen LogP contribution in [0.4, 0.5) is 5.69 Å². The van der Waals surface area contributed by atoms with Gasteiger partial charge in [0.15, 0.2) is 5.75 Å². The summed E-state index contributed by atoms with van der Waals surface area (Å²) in [6, 6.07) is 9.27. The highest BCUT2D eigenvalue weighted by Gasteiger charge is 2.20. The third kappa shape index (κ3) is 3.51. The third-order valence-electron chi connectivity index (χ3n) is 3.40. The quantitative estimate of drug-likeness (QED) is 0.650. The summed E-state index contributed by atoms with van der Waals surface area (Å²) in [5.74, 6) is 1.16. The summed E-state index contributed by atoms with van der Waals surface area (Å²) in [6.07, 6.45) is -1.07. The average Bonchev–Trinajstić information content (AvgIpc) is 2.59. The molecule has 2 aromatic rings. The largest absolute Gasteiger partial charge is 0.497 e. The van der Waals surface area contributed by atoms with Gasteiger partial charge in [0.25, 0.3) is 0 Å². The Morgan fingerprint density at radius 2 is 1.57 bits per heavy atom. The van der Waals surface area contributed by atoms with Crippen LogP contribution < -0.4 is 14.2 Å². The Bertz CT molecular complexity index is 693. The van der Waals surface area contributed by atoms with E-state index in [0.29, 0.717) is 22.6 Å². The Labute approximate surface area is 133 Å². The molecule has 0 amide bonds. The minimum Gasteiger partial charge on any atom is -0.497 e. The van der Waals surface area contributed by atoms with E-state index in [-0.39, 0.29) is 11.4 Å².